The van der Waals surface area contributed by atoms with E-state index in [-0.39, 0.29) is 12.2 Å². The monoisotopic (exact) mass is 348 g/mol. The molecule has 0 unspecified atom stereocenters. The minimum absolute atomic E-state index is 0.0304. The Balaban J connectivity index is 2.14. The van der Waals surface area contributed by atoms with E-state index >= 15 is 0 Å². The average molecular weight is 349 g/mol. The standard InChI is InChI=1S/C16H14BrFN2O/c1-20-9-13-7-14(5-6-15(13)17)21-10-12-4-2-3-11(8-19)16(12)18/h2-7,20H,9-10H2,1H3. The summed E-state index contributed by atoms with van der Waals surface area (Å²) in [5.41, 5.74) is 1.45. The number of ether oxygens (including phenoxy) is 1. The van der Waals surface area contributed by atoms with Gasteiger partial charge in [0.1, 0.15) is 24.2 Å². The fourth-order valence-electron chi connectivity index (χ4n) is 1.91. The average Bonchev–Trinajstić information content (AvgIpc) is 2.49. The van der Waals surface area contributed by atoms with E-state index in [4.69, 9.17) is 10.00 Å². The lowest BCUT2D eigenvalue weighted by atomic mass is 10.1. The van der Waals surface area contributed by atoms with Crippen molar-refractivity contribution < 1.29 is 9.13 Å². The van der Waals surface area contributed by atoms with E-state index in [2.05, 4.69) is 21.2 Å². The van der Waals surface area contributed by atoms with Crippen LogP contribution in [0.3, 0.4) is 0 Å². The molecule has 2 aromatic carbocycles. The number of rotatable bonds is 5. The van der Waals surface area contributed by atoms with Gasteiger partial charge in [0.05, 0.1) is 5.56 Å². The lowest BCUT2D eigenvalue weighted by molar-refractivity contribution is 0.299. The first-order valence-electron chi connectivity index (χ1n) is 6.39. The Labute approximate surface area is 131 Å². The van der Waals surface area contributed by atoms with Crippen LogP contribution in [0.25, 0.3) is 0 Å². The van der Waals surface area contributed by atoms with E-state index in [1.165, 1.54) is 6.07 Å². The van der Waals surface area contributed by atoms with Gasteiger partial charge in [-0.05, 0) is 36.9 Å². The van der Waals surface area contributed by atoms with Gasteiger partial charge < -0.3 is 10.1 Å². The van der Waals surface area contributed by atoms with E-state index in [1.54, 1.807) is 12.1 Å². The van der Waals surface area contributed by atoms with Crippen molar-refractivity contribution in [3.63, 3.8) is 0 Å². The summed E-state index contributed by atoms with van der Waals surface area (Å²) in [6, 6.07) is 12.1. The number of hydrogen-bond acceptors (Lipinski definition) is 3. The van der Waals surface area contributed by atoms with Gasteiger partial charge in [-0.25, -0.2) is 4.39 Å². The molecule has 2 aromatic rings. The quantitative estimate of drug-likeness (QED) is 0.894. The van der Waals surface area contributed by atoms with Crippen LogP contribution >= 0.6 is 15.9 Å². The Bertz CT molecular complexity index is 682. The summed E-state index contributed by atoms with van der Waals surface area (Å²) in [7, 11) is 1.86. The lowest BCUT2D eigenvalue weighted by Gasteiger charge is -2.10. The molecule has 5 heteroatoms. The molecule has 2 rings (SSSR count). The third-order valence-corrected chi connectivity index (χ3v) is 3.75. The fourth-order valence-corrected chi connectivity index (χ4v) is 2.29. The predicted molar refractivity (Wildman–Crippen MR) is 82.4 cm³/mol. The molecule has 108 valence electrons. The Hall–Kier alpha value is -1.90. The summed E-state index contributed by atoms with van der Waals surface area (Å²) >= 11 is 3.47. The van der Waals surface area contributed by atoms with Gasteiger partial charge in [-0.15, -0.1) is 0 Å². The van der Waals surface area contributed by atoms with Crippen LogP contribution in [0, 0.1) is 17.1 Å². The zero-order valence-corrected chi connectivity index (χ0v) is 13.1. The van der Waals surface area contributed by atoms with Gasteiger partial charge in [0.15, 0.2) is 0 Å². The molecule has 0 atom stereocenters. The number of nitriles is 1. The summed E-state index contributed by atoms with van der Waals surface area (Å²) in [6.45, 7) is 0.790. The summed E-state index contributed by atoms with van der Waals surface area (Å²) < 4.78 is 20.5. The van der Waals surface area contributed by atoms with Crippen LogP contribution in [0.1, 0.15) is 16.7 Å². The molecule has 0 aromatic heterocycles. The van der Waals surface area contributed by atoms with Crippen LogP contribution in [0.15, 0.2) is 40.9 Å². The second-order valence-corrected chi connectivity index (χ2v) is 5.32. The zero-order valence-electron chi connectivity index (χ0n) is 11.5. The van der Waals surface area contributed by atoms with Crippen LogP contribution in [-0.4, -0.2) is 7.05 Å². The molecule has 3 nitrogen and oxygen atoms in total. The molecule has 0 amide bonds. The maximum Gasteiger partial charge on any atom is 0.147 e. The molecule has 0 radical (unpaired) electrons. The first-order chi connectivity index (χ1) is 10.2. The van der Waals surface area contributed by atoms with Gasteiger partial charge in [0.2, 0.25) is 0 Å². The number of nitrogens with zero attached hydrogens (tertiary/aromatic N) is 1. The van der Waals surface area contributed by atoms with Crippen molar-refractivity contribution in [2.45, 2.75) is 13.2 Å². The van der Waals surface area contributed by atoms with Crippen LogP contribution in [0.2, 0.25) is 0 Å². The fraction of sp³-hybridized carbons (Fsp3) is 0.188. The van der Waals surface area contributed by atoms with E-state index in [9.17, 15) is 4.39 Å². The molecule has 0 heterocycles. The highest BCUT2D eigenvalue weighted by atomic mass is 79.9. The molecule has 1 N–H and O–H groups in total. The summed E-state index contributed by atoms with van der Waals surface area (Å²) in [6.07, 6.45) is 0. The number of halogens is 2. The Kier molecular flexibility index (Phi) is 5.32. The second kappa shape index (κ2) is 7.21. The normalized spacial score (nSPS) is 10.2. The number of hydrogen-bond donors (Lipinski definition) is 1. The summed E-state index contributed by atoms with van der Waals surface area (Å²) in [5.74, 6) is 0.137. The van der Waals surface area contributed by atoms with E-state index in [0.29, 0.717) is 17.9 Å². The van der Waals surface area contributed by atoms with E-state index in [1.807, 2.05) is 31.3 Å². The molecular weight excluding hydrogens is 335 g/mol. The molecule has 0 aliphatic heterocycles. The minimum atomic E-state index is -0.521. The second-order valence-electron chi connectivity index (χ2n) is 4.46. The van der Waals surface area contributed by atoms with E-state index < -0.39 is 5.82 Å². The molecule has 21 heavy (non-hydrogen) atoms. The third-order valence-electron chi connectivity index (χ3n) is 2.98. The Morgan fingerprint density at radius 2 is 2.10 bits per heavy atom. The van der Waals surface area contributed by atoms with Crippen molar-refractivity contribution in [2.24, 2.45) is 0 Å². The van der Waals surface area contributed by atoms with Gasteiger partial charge in [-0.3, -0.25) is 0 Å². The maximum atomic E-state index is 13.9. The number of benzene rings is 2. The van der Waals surface area contributed by atoms with Crippen molar-refractivity contribution in [2.75, 3.05) is 7.05 Å². The molecule has 0 aliphatic carbocycles. The van der Waals surface area contributed by atoms with Crippen molar-refractivity contribution in [1.29, 1.82) is 5.26 Å². The molecular formula is C16H14BrFN2O. The van der Waals surface area contributed by atoms with Crippen molar-refractivity contribution in [3.8, 4) is 11.8 Å². The minimum Gasteiger partial charge on any atom is -0.489 e. The molecule has 0 aliphatic rings. The van der Waals surface area contributed by atoms with E-state index in [0.717, 1.165) is 10.0 Å². The lowest BCUT2D eigenvalue weighted by Crippen LogP contribution is -2.06. The van der Waals surface area contributed by atoms with Crippen LogP contribution in [0.4, 0.5) is 4.39 Å². The first kappa shape index (κ1) is 15.5. The summed E-state index contributed by atoms with van der Waals surface area (Å²) in [5, 5.41) is 11.9. The van der Waals surface area contributed by atoms with Gasteiger partial charge in [0.25, 0.3) is 0 Å². The highest BCUT2D eigenvalue weighted by molar-refractivity contribution is 9.10. The smallest absolute Gasteiger partial charge is 0.147 e. The highest BCUT2D eigenvalue weighted by Gasteiger charge is 2.08. The van der Waals surface area contributed by atoms with Crippen molar-refractivity contribution in [3.05, 3.63) is 63.4 Å². The SMILES string of the molecule is CNCc1cc(OCc2cccc(C#N)c2F)ccc1Br. The maximum absolute atomic E-state index is 13.9. The topological polar surface area (TPSA) is 45.0 Å². The molecule has 0 saturated carbocycles. The Morgan fingerprint density at radius 3 is 2.81 bits per heavy atom. The van der Waals surface area contributed by atoms with Gasteiger partial charge in [-0.1, -0.05) is 28.1 Å². The zero-order chi connectivity index (χ0) is 15.2. The van der Waals surface area contributed by atoms with Crippen molar-refractivity contribution in [1.82, 2.24) is 5.32 Å². The van der Waals surface area contributed by atoms with Crippen molar-refractivity contribution >= 4 is 15.9 Å². The van der Waals surface area contributed by atoms with Gasteiger partial charge >= 0.3 is 0 Å². The summed E-state index contributed by atoms with van der Waals surface area (Å²) in [4.78, 5) is 0. The first-order valence-corrected chi connectivity index (χ1v) is 7.18. The third kappa shape index (κ3) is 3.81. The van der Waals surface area contributed by atoms with Crippen LogP contribution < -0.4 is 10.1 Å². The molecule has 0 bridgehead atoms. The highest BCUT2D eigenvalue weighted by Crippen LogP contribution is 2.23. The van der Waals surface area contributed by atoms with Gasteiger partial charge in [0, 0.05) is 16.6 Å². The molecule has 0 fully saturated rings. The van der Waals surface area contributed by atoms with Crippen LogP contribution in [0.5, 0.6) is 5.75 Å². The Morgan fingerprint density at radius 1 is 1.29 bits per heavy atom. The van der Waals surface area contributed by atoms with Gasteiger partial charge in [-0.2, -0.15) is 5.26 Å². The largest absolute Gasteiger partial charge is 0.489 e. The molecule has 0 saturated heterocycles. The molecule has 0 spiro atoms. The predicted octanol–water partition coefficient (Wildman–Crippen LogP) is 3.76. The number of nitrogens with one attached hydrogen (secondary N) is 1. The van der Waals surface area contributed by atoms with Crippen LogP contribution in [-0.2, 0) is 13.2 Å².